The Morgan fingerprint density at radius 1 is 1.19 bits per heavy atom. The SMILES string of the molecule is O=C(Cn1nnc2ccccc21)Nc1ccc(F)cc1F. The molecule has 3 rings (SSSR count). The van der Waals surface area contributed by atoms with Crippen molar-refractivity contribution in [1.82, 2.24) is 15.0 Å². The number of benzene rings is 2. The second-order valence-electron chi connectivity index (χ2n) is 4.41. The molecule has 1 heterocycles. The monoisotopic (exact) mass is 288 g/mol. The summed E-state index contributed by atoms with van der Waals surface area (Å²) in [4.78, 5) is 11.9. The van der Waals surface area contributed by atoms with Gasteiger partial charge in [-0.1, -0.05) is 17.3 Å². The summed E-state index contributed by atoms with van der Waals surface area (Å²) in [6.07, 6.45) is 0. The summed E-state index contributed by atoms with van der Waals surface area (Å²) >= 11 is 0. The highest BCUT2D eigenvalue weighted by atomic mass is 19.1. The zero-order valence-electron chi connectivity index (χ0n) is 10.8. The Bertz CT molecular complexity index is 816. The number of para-hydroxylation sites is 1. The molecule has 0 aliphatic heterocycles. The van der Waals surface area contributed by atoms with E-state index in [1.165, 1.54) is 10.7 Å². The first-order valence-electron chi connectivity index (χ1n) is 6.16. The van der Waals surface area contributed by atoms with Crippen LogP contribution in [-0.2, 0) is 11.3 Å². The zero-order chi connectivity index (χ0) is 14.8. The van der Waals surface area contributed by atoms with Crippen LogP contribution < -0.4 is 5.32 Å². The summed E-state index contributed by atoms with van der Waals surface area (Å²) in [6.45, 7) is -0.114. The number of anilines is 1. The minimum absolute atomic E-state index is 0.0779. The van der Waals surface area contributed by atoms with E-state index in [2.05, 4.69) is 15.6 Å². The van der Waals surface area contributed by atoms with E-state index in [-0.39, 0.29) is 12.2 Å². The van der Waals surface area contributed by atoms with Gasteiger partial charge in [-0.3, -0.25) is 4.79 Å². The molecule has 0 radical (unpaired) electrons. The molecule has 3 aromatic rings. The summed E-state index contributed by atoms with van der Waals surface area (Å²) in [7, 11) is 0. The van der Waals surface area contributed by atoms with Crippen molar-refractivity contribution in [2.45, 2.75) is 6.54 Å². The molecule has 1 aromatic heterocycles. The fourth-order valence-electron chi connectivity index (χ4n) is 1.95. The Kier molecular flexibility index (Phi) is 3.31. The maximum Gasteiger partial charge on any atom is 0.246 e. The van der Waals surface area contributed by atoms with Crippen LogP contribution in [-0.4, -0.2) is 20.9 Å². The smallest absolute Gasteiger partial charge is 0.246 e. The van der Waals surface area contributed by atoms with Gasteiger partial charge in [0.05, 0.1) is 11.2 Å². The van der Waals surface area contributed by atoms with Crippen LogP contribution in [0.3, 0.4) is 0 Å². The highest BCUT2D eigenvalue weighted by Gasteiger charge is 2.11. The van der Waals surface area contributed by atoms with Crippen molar-refractivity contribution in [1.29, 1.82) is 0 Å². The normalized spacial score (nSPS) is 10.8. The third-order valence-electron chi connectivity index (χ3n) is 2.92. The molecule has 5 nitrogen and oxygen atoms in total. The van der Waals surface area contributed by atoms with Crippen molar-refractivity contribution < 1.29 is 13.6 Å². The van der Waals surface area contributed by atoms with Crippen LogP contribution in [0.15, 0.2) is 42.5 Å². The molecular weight excluding hydrogens is 278 g/mol. The summed E-state index contributed by atoms with van der Waals surface area (Å²) in [5.41, 5.74) is 1.29. The van der Waals surface area contributed by atoms with Crippen molar-refractivity contribution in [3.05, 3.63) is 54.1 Å². The van der Waals surface area contributed by atoms with Gasteiger partial charge in [0, 0.05) is 6.07 Å². The van der Waals surface area contributed by atoms with Crippen LogP contribution in [0.1, 0.15) is 0 Å². The molecule has 0 saturated heterocycles. The molecule has 1 amide bonds. The predicted molar refractivity (Wildman–Crippen MR) is 72.5 cm³/mol. The van der Waals surface area contributed by atoms with E-state index in [0.29, 0.717) is 17.1 Å². The lowest BCUT2D eigenvalue weighted by atomic mass is 10.3. The second-order valence-corrected chi connectivity index (χ2v) is 4.41. The number of carbonyl (C=O) groups excluding carboxylic acids is 1. The molecular formula is C14H10F2N4O. The molecule has 0 unspecified atom stereocenters. The van der Waals surface area contributed by atoms with Gasteiger partial charge in [-0.05, 0) is 24.3 Å². The first kappa shape index (κ1) is 13.2. The molecule has 0 aliphatic carbocycles. The zero-order valence-corrected chi connectivity index (χ0v) is 10.8. The van der Waals surface area contributed by atoms with Gasteiger partial charge >= 0.3 is 0 Å². The Labute approximate surface area is 118 Å². The lowest BCUT2D eigenvalue weighted by molar-refractivity contribution is -0.116. The number of aromatic nitrogens is 3. The highest BCUT2D eigenvalue weighted by Crippen LogP contribution is 2.15. The molecule has 1 N–H and O–H groups in total. The van der Waals surface area contributed by atoms with Gasteiger partial charge in [0.1, 0.15) is 23.7 Å². The second kappa shape index (κ2) is 5.28. The Morgan fingerprint density at radius 2 is 2.00 bits per heavy atom. The van der Waals surface area contributed by atoms with Gasteiger partial charge in [0.25, 0.3) is 0 Å². The molecule has 0 saturated carbocycles. The average molecular weight is 288 g/mol. The third-order valence-corrected chi connectivity index (χ3v) is 2.92. The van der Waals surface area contributed by atoms with Crippen LogP contribution >= 0.6 is 0 Å². The van der Waals surface area contributed by atoms with Gasteiger partial charge in [-0.25, -0.2) is 13.5 Å². The molecule has 0 bridgehead atoms. The lowest BCUT2D eigenvalue weighted by Crippen LogP contribution is -2.20. The molecule has 0 aliphatic rings. The maximum absolute atomic E-state index is 13.5. The fraction of sp³-hybridized carbons (Fsp3) is 0.0714. The summed E-state index contributed by atoms with van der Waals surface area (Å²) < 4.78 is 27.7. The summed E-state index contributed by atoms with van der Waals surface area (Å²) in [5.74, 6) is -2.00. The molecule has 0 fully saturated rings. The number of nitrogens with zero attached hydrogens (tertiary/aromatic N) is 3. The molecule has 7 heteroatoms. The van der Waals surface area contributed by atoms with Crippen LogP contribution in [0.2, 0.25) is 0 Å². The van der Waals surface area contributed by atoms with Crippen LogP contribution in [0.25, 0.3) is 11.0 Å². The minimum Gasteiger partial charge on any atom is -0.322 e. The minimum atomic E-state index is -0.827. The van der Waals surface area contributed by atoms with Gasteiger partial charge in [0.2, 0.25) is 5.91 Å². The number of fused-ring (bicyclic) bond motifs is 1. The van der Waals surface area contributed by atoms with Gasteiger partial charge in [-0.15, -0.1) is 5.10 Å². The van der Waals surface area contributed by atoms with E-state index in [9.17, 15) is 13.6 Å². The lowest BCUT2D eigenvalue weighted by Gasteiger charge is -2.06. The topological polar surface area (TPSA) is 59.8 Å². The molecule has 0 atom stereocenters. The number of hydrogen-bond acceptors (Lipinski definition) is 3. The number of nitrogens with one attached hydrogen (secondary N) is 1. The van der Waals surface area contributed by atoms with E-state index in [4.69, 9.17) is 0 Å². The number of rotatable bonds is 3. The van der Waals surface area contributed by atoms with E-state index in [0.717, 1.165) is 6.07 Å². The number of hydrogen-bond donors (Lipinski definition) is 1. The standard InChI is InChI=1S/C14H10F2N4O/c15-9-5-6-11(10(16)7-9)17-14(21)8-20-13-4-2-1-3-12(13)18-19-20/h1-7H,8H2,(H,17,21). The number of carbonyl (C=O) groups is 1. The van der Waals surface area contributed by atoms with Crippen LogP contribution in [0.5, 0.6) is 0 Å². The molecule has 106 valence electrons. The fourth-order valence-corrected chi connectivity index (χ4v) is 1.95. The summed E-state index contributed by atoms with van der Waals surface area (Å²) in [5, 5.41) is 10.2. The quantitative estimate of drug-likeness (QED) is 0.804. The van der Waals surface area contributed by atoms with Gasteiger partial charge < -0.3 is 5.32 Å². The van der Waals surface area contributed by atoms with E-state index < -0.39 is 17.5 Å². The molecule has 2 aromatic carbocycles. The first-order valence-corrected chi connectivity index (χ1v) is 6.16. The van der Waals surface area contributed by atoms with Crippen LogP contribution in [0.4, 0.5) is 14.5 Å². The van der Waals surface area contributed by atoms with Gasteiger partial charge in [0.15, 0.2) is 0 Å². The van der Waals surface area contributed by atoms with E-state index in [1.807, 2.05) is 6.07 Å². The molecule has 21 heavy (non-hydrogen) atoms. The molecule has 0 spiro atoms. The largest absolute Gasteiger partial charge is 0.322 e. The Hall–Kier alpha value is -2.83. The van der Waals surface area contributed by atoms with Crippen molar-refractivity contribution in [3.8, 4) is 0 Å². The third kappa shape index (κ3) is 2.71. The van der Waals surface area contributed by atoms with Crippen molar-refractivity contribution in [2.24, 2.45) is 0 Å². The van der Waals surface area contributed by atoms with E-state index >= 15 is 0 Å². The Balaban J connectivity index is 1.77. The number of amides is 1. The van der Waals surface area contributed by atoms with Gasteiger partial charge in [-0.2, -0.15) is 0 Å². The maximum atomic E-state index is 13.5. The van der Waals surface area contributed by atoms with Crippen molar-refractivity contribution in [3.63, 3.8) is 0 Å². The van der Waals surface area contributed by atoms with Crippen molar-refractivity contribution in [2.75, 3.05) is 5.32 Å². The first-order chi connectivity index (χ1) is 10.1. The highest BCUT2D eigenvalue weighted by molar-refractivity contribution is 5.91. The predicted octanol–water partition coefficient (Wildman–Crippen LogP) is 2.35. The summed E-state index contributed by atoms with van der Waals surface area (Å²) in [6, 6.07) is 10.1. The average Bonchev–Trinajstić information content (AvgIpc) is 2.85. The van der Waals surface area contributed by atoms with Crippen LogP contribution in [0, 0.1) is 11.6 Å². The van der Waals surface area contributed by atoms with Crippen molar-refractivity contribution >= 4 is 22.6 Å². The Morgan fingerprint density at radius 3 is 2.81 bits per heavy atom. The number of halogens is 2. The van der Waals surface area contributed by atoms with E-state index in [1.54, 1.807) is 18.2 Å².